The summed E-state index contributed by atoms with van der Waals surface area (Å²) in [5.74, 6) is 1.74. The van der Waals surface area contributed by atoms with Gasteiger partial charge in [0.1, 0.15) is 11.7 Å². The van der Waals surface area contributed by atoms with Gasteiger partial charge < -0.3 is 9.47 Å². The molecule has 0 saturated heterocycles. The molecule has 102 valence electrons. The molecule has 2 aromatic heterocycles. The fourth-order valence-electron chi connectivity index (χ4n) is 1.99. The first-order valence-electron chi connectivity index (χ1n) is 6.14. The maximum Gasteiger partial charge on any atom is 0.233 e. The number of aryl methyl sites for hydroxylation is 2. The van der Waals surface area contributed by atoms with Crippen molar-refractivity contribution in [3.8, 4) is 17.4 Å². The second-order valence-electron chi connectivity index (χ2n) is 4.44. The minimum Gasteiger partial charge on any atom is -0.493 e. The average Bonchev–Trinajstić information content (AvgIpc) is 2.84. The van der Waals surface area contributed by atoms with Crippen molar-refractivity contribution in [2.75, 3.05) is 7.11 Å². The quantitative estimate of drug-likeness (QED) is 0.731. The first-order chi connectivity index (χ1) is 9.69. The van der Waals surface area contributed by atoms with E-state index in [9.17, 15) is 0 Å². The van der Waals surface area contributed by atoms with Crippen LogP contribution in [-0.4, -0.2) is 26.9 Å². The molecule has 0 saturated carbocycles. The molecule has 0 fully saturated rings. The normalized spacial score (nSPS) is 10.8. The Labute approximate surface area is 116 Å². The molecule has 0 radical (unpaired) electrons. The number of fused-ring (bicyclic) bond motifs is 1. The molecule has 0 bridgehead atoms. The topological polar surface area (TPSA) is 62.1 Å². The lowest BCUT2D eigenvalue weighted by molar-refractivity contribution is 0.375. The fourth-order valence-corrected chi connectivity index (χ4v) is 1.99. The van der Waals surface area contributed by atoms with E-state index in [1.807, 2.05) is 32.2 Å². The number of ether oxygens (including phenoxy) is 2. The summed E-state index contributed by atoms with van der Waals surface area (Å²) in [5, 5.41) is 4.92. The molecule has 3 rings (SSSR count). The van der Waals surface area contributed by atoms with Gasteiger partial charge in [-0.25, -0.2) is 9.97 Å². The Kier molecular flexibility index (Phi) is 2.98. The maximum absolute atomic E-state index is 5.85. The van der Waals surface area contributed by atoms with E-state index in [-0.39, 0.29) is 0 Å². The molecule has 0 atom stereocenters. The van der Waals surface area contributed by atoms with Gasteiger partial charge >= 0.3 is 0 Å². The van der Waals surface area contributed by atoms with Gasteiger partial charge in [0.2, 0.25) is 5.88 Å². The Bertz CT molecular complexity index is 767. The highest BCUT2D eigenvalue weighted by Gasteiger charge is 2.12. The van der Waals surface area contributed by atoms with Gasteiger partial charge in [-0.1, -0.05) is 6.07 Å². The molecule has 0 spiro atoms. The number of hydrogen-bond acceptors (Lipinski definition) is 5. The monoisotopic (exact) mass is 270 g/mol. The molecule has 0 aliphatic rings. The van der Waals surface area contributed by atoms with Crippen LogP contribution < -0.4 is 9.47 Å². The smallest absolute Gasteiger partial charge is 0.233 e. The van der Waals surface area contributed by atoms with Gasteiger partial charge in [-0.3, -0.25) is 4.68 Å². The fraction of sp³-hybridized carbons (Fsp3) is 0.214. The summed E-state index contributed by atoms with van der Waals surface area (Å²) in [6, 6.07) is 5.73. The third-order valence-corrected chi connectivity index (χ3v) is 3.02. The van der Waals surface area contributed by atoms with Crippen LogP contribution in [0.4, 0.5) is 0 Å². The van der Waals surface area contributed by atoms with Crippen molar-refractivity contribution in [2.24, 2.45) is 7.05 Å². The Morgan fingerprint density at radius 1 is 1.15 bits per heavy atom. The molecule has 3 aromatic rings. The van der Waals surface area contributed by atoms with Crippen molar-refractivity contribution in [2.45, 2.75) is 6.92 Å². The van der Waals surface area contributed by atoms with Crippen LogP contribution in [0.25, 0.3) is 11.0 Å². The van der Waals surface area contributed by atoms with Gasteiger partial charge in [0, 0.05) is 7.05 Å². The summed E-state index contributed by atoms with van der Waals surface area (Å²) >= 11 is 0. The molecular formula is C14H14N4O2. The molecular weight excluding hydrogens is 256 g/mol. The number of aromatic nitrogens is 4. The summed E-state index contributed by atoms with van der Waals surface area (Å²) in [6.45, 7) is 2.00. The van der Waals surface area contributed by atoms with Crippen molar-refractivity contribution in [1.82, 2.24) is 19.7 Å². The summed E-state index contributed by atoms with van der Waals surface area (Å²) in [7, 11) is 3.44. The zero-order valence-corrected chi connectivity index (χ0v) is 11.5. The Morgan fingerprint density at radius 3 is 2.80 bits per heavy atom. The van der Waals surface area contributed by atoms with E-state index in [0.717, 1.165) is 16.6 Å². The Morgan fingerprint density at radius 2 is 2.00 bits per heavy atom. The van der Waals surface area contributed by atoms with E-state index in [4.69, 9.17) is 9.47 Å². The lowest BCUT2D eigenvalue weighted by Crippen LogP contribution is -1.95. The van der Waals surface area contributed by atoms with Crippen molar-refractivity contribution in [3.05, 3.63) is 36.3 Å². The van der Waals surface area contributed by atoms with E-state index in [1.54, 1.807) is 18.0 Å². The minimum absolute atomic E-state index is 0.463. The number of rotatable bonds is 3. The van der Waals surface area contributed by atoms with Gasteiger partial charge in [0.25, 0.3) is 0 Å². The van der Waals surface area contributed by atoms with Gasteiger partial charge in [-0.05, 0) is 24.6 Å². The van der Waals surface area contributed by atoms with Crippen molar-refractivity contribution in [3.63, 3.8) is 0 Å². The first-order valence-corrected chi connectivity index (χ1v) is 6.14. The predicted octanol–water partition coefficient (Wildman–Crippen LogP) is 2.47. The van der Waals surface area contributed by atoms with Crippen molar-refractivity contribution < 1.29 is 9.47 Å². The Balaban J connectivity index is 2.05. The van der Waals surface area contributed by atoms with Crippen LogP contribution in [0, 0.1) is 6.92 Å². The number of hydrogen-bond donors (Lipinski definition) is 0. The standard InChI is InChI=1S/C14H14N4O2/c1-9-4-5-11(12(6-9)19-3)20-14-10-7-17-18(2)13(10)15-8-16-14/h4-8H,1-3H3. The number of nitrogens with zero attached hydrogens (tertiary/aromatic N) is 4. The van der Waals surface area contributed by atoms with Crippen molar-refractivity contribution in [1.29, 1.82) is 0 Å². The lowest BCUT2D eigenvalue weighted by atomic mass is 10.2. The molecule has 0 amide bonds. The first kappa shape index (κ1) is 12.4. The lowest BCUT2D eigenvalue weighted by Gasteiger charge is -2.10. The highest BCUT2D eigenvalue weighted by molar-refractivity contribution is 5.80. The Hall–Kier alpha value is -2.63. The largest absolute Gasteiger partial charge is 0.493 e. The second kappa shape index (κ2) is 4.80. The van der Waals surface area contributed by atoms with Crippen LogP contribution in [0.2, 0.25) is 0 Å². The second-order valence-corrected chi connectivity index (χ2v) is 4.44. The maximum atomic E-state index is 5.85. The van der Waals surface area contributed by atoms with Crippen LogP contribution >= 0.6 is 0 Å². The molecule has 6 nitrogen and oxygen atoms in total. The molecule has 0 unspecified atom stereocenters. The number of benzene rings is 1. The van der Waals surface area contributed by atoms with E-state index in [2.05, 4.69) is 15.1 Å². The summed E-state index contributed by atoms with van der Waals surface area (Å²) in [6.07, 6.45) is 3.14. The van der Waals surface area contributed by atoms with E-state index < -0.39 is 0 Å². The van der Waals surface area contributed by atoms with E-state index in [0.29, 0.717) is 17.4 Å². The predicted molar refractivity (Wildman–Crippen MR) is 74.1 cm³/mol. The molecule has 0 aliphatic heterocycles. The van der Waals surface area contributed by atoms with Gasteiger partial charge in [0.15, 0.2) is 17.1 Å². The SMILES string of the molecule is COc1cc(C)ccc1Oc1ncnc2c1cnn2C. The van der Waals surface area contributed by atoms with Crippen LogP contribution in [0.15, 0.2) is 30.7 Å². The van der Waals surface area contributed by atoms with Crippen LogP contribution in [0.3, 0.4) is 0 Å². The molecule has 6 heteroatoms. The molecule has 0 aliphatic carbocycles. The summed E-state index contributed by atoms with van der Waals surface area (Å²) < 4.78 is 12.9. The van der Waals surface area contributed by atoms with Gasteiger partial charge in [-0.15, -0.1) is 0 Å². The number of methoxy groups -OCH3 is 1. The molecule has 1 aromatic carbocycles. The third kappa shape index (κ3) is 2.05. The summed E-state index contributed by atoms with van der Waals surface area (Å²) in [5.41, 5.74) is 1.82. The highest BCUT2D eigenvalue weighted by atomic mass is 16.5. The molecule has 20 heavy (non-hydrogen) atoms. The van der Waals surface area contributed by atoms with Gasteiger partial charge in [-0.2, -0.15) is 5.10 Å². The zero-order chi connectivity index (χ0) is 14.1. The zero-order valence-electron chi connectivity index (χ0n) is 11.5. The van der Waals surface area contributed by atoms with Crippen LogP contribution in [0.1, 0.15) is 5.56 Å². The highest BCUT2D eigenvalue weighted by Crippen LogP contribution is 2.33. The molecule has 2 heterocycles. The van der Waals surface area contributed by atoms with Crippen LogP contribution in [0.5, 0.6) is 17.4 Å². The van der Waals surface area contributed by atoms with Gasteiger partial charge in [0.05, 0.1) is 13.3 Å². The molecule has 0 N–H and O–H groups in total. The average molecular weight is 270 g/mol. The van der Waals surface area contributed by atoms with E-state index in [1.165, 1.54) is 6.33 Å². The van der Waals surface area contributed by atoms with Crippen LogP contribution in [-0.2, 0) is 7.05 Å². The third-order valence-electron chi connectivity index (χ3n) is 3.02. The minimum atomic E-state index is 0.463. The summed E-state index contributed by atoms with van der Waals surface area (Å²) in [4.78, 5) is 8.35. The van der Waals surface area contributed by atoms with E-state index >= 15 is 0 Å². The van der Waals surface area contributed by atoms with Crippen molar-refractivity contribution >= 4 is 11.0 Å².